The summed E-state index contributed by atoms with van der Waals surface area (Å²) in [7, 11) is 0. The summed E-state index contributed by atoms with van der Waals surface area (Å²) in [6.45, 7) is 3.93. The molecule has 0 fully saturated rings. The van der Waals surface area contributed by atoms with Crippen LogP contribution in [0.25, 0.3) is 5.69 Å². The summed E-state index contributed by atoms with van der Waals surface area (Å²) >= 11 is 1.13. The number of nitrogens with one attached hydrogen (secondary N) is 1. The second-order valence-corrected chi connectivity index (χ2v) is 7.07. The van der Waals surface area contributed by atoms with Gasteiger partial charge in [0.05, 0.1) is 17.0 Å². The topological polar surface area (TPSA) is 72.7 Å². The molecule has 1 N–H and O–H groups in total. The van der Waals surface area contributed by atoms with Gasteiger partial charge in [0, 0.05) is 5.69 Å². The van der Waals surface area contributed by atoms with Gasteiger partial charge in [0.1, 0.15) is 0 Å². The lowest BCUT2D eigenvalue weighted by atomic mass is 10.1. The van der Waals surface area contributed by atoms with Gasteiger partial charge in [0.2, 0.25) is 11.1 Å². The normalized spacial score (nSPS) is 11.5. The Balaban J connectivity index is 1.63. The summed E-state index contributed by atoms with van der Waals surface area (Å²) in [5, 5.41) is 14.5. The van der Waals surface area contributed by atoms with E-state index < -0.39 is 11.7 Å². The second-order valence-electron chi connectivity index (χ2n) is 6.13. The minimum Gasteiger partial charge on any atom is -0.325 e. The van der Waals surface area contributed by atoms with Gasteiger partial charge in [-0.1, -0.05) is 17.8 Å². The van der Waals surface area contributed by atoms with Crippen molar-refractivity contribution in [1.82, 2.24) is 20.2 Å². The lowest BCUT2D eigenvalue weighted by molar-refractivity contribution is -0.137. The number of alkyl halides is 3. The van der Waals surface area contributed by atoms with E-state index in [-0.39, 0.29) is 17.3 Å². The molecule has 0 radical (unpaired) electrons. The van der Waals surface area contributed by atoms with Gasteiger partial charge in [-0.05, 0) is 71.8 Å². The van der Waals surface area contributed by atoms with Crippen LogP contribution in [0.3, 0.4) is 0 Å². The number of carbonyl (C=O) groups excluding carboxylic acids is 1. The Labute approximate surface area is 163 Å². The van der Waals surface area contributed by atoms with Gasteiger partial charge in [-0.2, -0.15) is 17.9 Å². The van der Waals surface area contributed by atoms with Crippen molar-refractivity contribution in [3.8, 4) is 5.69 Å². The fourth-order valence-corrected chi connectivity index (χ4v) is 3.26. The number of thioether (sulfide) groups is 1. The molecule has 28 heavy (non-hydrogen) atoms. The zero-order valence-corrected chi connectivity index (χ0v) is 15.8. The number of hydrogen-bond donors (Lipinski definition) is 1. The highest BCUT2D eigenvalue weighted by Crippen LogP contribution is 2.30. The van der Waals surface area contributed by atoms with E-state index in [1.54, 1.807) is 0 Å². The number of nitrogens with zero attached hydrogens (tertiary/aromatic N) is 4. The SMILES string of the molecule is Cc1cc(C)cc(-n2nnnc2SCC(=O)Nc2ccc(C(F)(F)F)cc2)c1. The van der Waals surface area contributed by atoms with Crippen molar-refractivity contribution in [2.24, 2.45) is 0 Å². The van der Waals surface area contributed by atoms with Crippen LogP contribution in [0.2, 0.25) is 0 Å². The lowest BCUT2D eigenvalue weighted by Crippen LogP contribution is -2.15. The minimum absolute atomic E-state index is 0.00614. The molecule has 0 aliphatic heterocycles. The summed E-state index contributed by atoms with van der Waals surface area (Å²) in [5.74, 6) is -0.369. The van der Waals surface area contributed by atoms with E-state index in [1.165, 1.54) is 16.8 Å². The number of anilines is 1. The van der Waals surface area contributed by atoms with Crippen molar-refractivity contribution >= 4 is 23.4 Å². The van der Waals surface area contributed by atoms with Crippen LogP contribution in [-0.2, 0) is 11.0 Å². The van der Waals surface area contributed by atoms with Crippen LogP contribution in [0.5, 0.6) is 0 Å². The monoisotopic (exact) mass is 407 g/mol. The Morgan fingerprint density at radius 3 is 2.36 bits per heavy atom. The molecule has 2 aromatic carbocycles. The van der Waals surface area contributed by atoms with Crippen LogP contribution in [0.15, 0.2) is 47.6 Å². The number of hydrogen-bond acceptors (Lipinski definition) is 5. The van der Waals surface area contributed by atoms with Gasteiger partial charge in [-0.15, -0.1) is 5.10 Å². The van der Waals surface area contributed by atoms with Crippen molar-refractivity contribution < 1.29 is 18.0 Å². The minimum atomic E-state index is -4.41. The first-order chi connectivity index (χ1) is 13.2. The fraction of sp³-hybridized carbons (Fsp3) is 0.222. The zero-order valence-electron chi connectivity index (χ0n) is 15.0. The molecule has 0 spiro atoms. The quantitative estimate of drug-likeness (QED) is 0.647. The number of benzene rings is 2. The molecular formula is C18H16F3N5OS. The van der Waals surface area contributed by atoms with E-state index in [0.29, 0.717) is 5.16 Å². The zero-order chi connectivity index (χ0) is 20.3. The third-order valence-electron chi connectivity index (χ3n) is 3.72. The predicted octanol–water partition coefficient (Wildman–Crippen LogP) is 4.03. The maximum atomic E-state index is 12.6. The standard InChI is InChI=1S/C18H16F3N5OS/c1-11-7-12(2)9-15(8-11)26-17(23-24-25-26)28-10-16(27)22-14-5-3-13(4-6-14)18(19,20)21/h3-9H,10H2,1-2H3,(H,22,27). The van der Waals surface area contributed by atoms with E-state index in [2.05, 4.69) is 20.8 Å². The number of tetrazole rings is 1. The molecule has 0 saturated heterocycles. The van der Waals surface area contributed by atoms with Crippen LogP contribution in [0.1, 0.15) is 16.7 Å². The first-order valence-electron chi connectivity index (χ1n) is 8.19. The summed E-state index contributed by atoms with van der Waals surface area (Å²) in [4.78, 5) is 12.1. The molecular weight excluding hydrogens is 391 g/mol. The largest absolute Gasteiger partial charge is 0.416 e. The Morgan fingerprint density at radius 2 is 1.75 bits per heavy atom. The number of halogens is 3. The third kappa shape index (κ3) is 4.89. The van der Waals surface area contributed by atoms with E-state index in [1.807, 2.05) is 32.0 Å². The van der Waals surface area contributed by atoms with Crippen molar-refractivity contribution in [2.45, 2.75) is 25.2 Å². The summed E-state index contributed by atoms with van der Waals surface area (Å²) in [6.07, 6.45) is -4.41. The number of aryl methyl sites for hydroxylation is 2. The van der Waals surface area contributed by atoms with Crippen LogP contribution in [0, 0.1) is 13.8 Å². The Morgan fingerprint density at radius 1 is 1.11 bits per heavy atom. The molecule has 10 heteroatoms. The average Bonchev–Trinajstić information content (AvgIpc) is 3.07. The van der Waals surface area contributed by atoms with Gasteiger partial charge in [0.15, 0.2) is 0 Å². The van der Waals surface area contributed by atoms with E-state index in [4.69, 9.17) is 0 Å². The predicted molar refractivity (Wildman–Crippen MR) is 99.4 cm³/mol. The highest BCUT2D eigenvalue weighted by Gasteiger charge is 2.30. The molecule has 0 bridgehead atoms. The van der Waals surface area contributed by atoms with E-state index >= 15 is 0 Å². The molecule has 3 rings (SSSR count). The smallest absolute Gasteiger partial charge is 0.325 e. The Hall–Kier alpha value is -2.88. The number of aromatic nitrogens is 4. The van der Waals surface area contributed by atoms with Crippen LogP contribution in [-0.4, -0.2) is 31.9 Å². The highest BCUT2D eigenvalue weighted by atomic mass is 32.2. The molecule has 3 aromatic rings. The summed E-state index contributed by atoms with van der Waals surface area (Å²) in [5.41, 5.74) is 2.41. The van der Waals surface area contributed by atoms with Crippen molar-refractivity contribution in [3.63, 3.8) is 0 Å². The lowest BCUT2D eigenvalue weighted by Gasteiger charge is -2.09. The van der Waals surface area contributed by atoms with Crippen molar-refractivity contribution in [3.05, 3.63) is 59.2 Å². The number of rotatable bonds is 5. The molecule has 1 heterocycles. The van der Waals surface area contributed by atoms with Gasteiger partial charge >= 0.3 is 6.18 Å². The maximum absolute atomic E-state index is 12.6. The molecule has 146 valence electrons. The van der Waals surface area contributed by atoms with Crippen LogP contribution in [0.4, 0.5) is 18.9 Å². The van der Waals surface area contributed by atoms with E-state index in [9.17, 15) is 18.0 Å². The Bertz CT molecular complexity index is 965. The number of carbonyl (C=O) groups is 1. The molecule has 1 amide bonds. The first kappa shape index (κ1) is 19.9. The summed E-state index contributed by atoms with van der Waals surface area (Å²) in [6, 6.07) is 10.1. The van der Waals surface area contributed by atoms with Crippen molar-refractivity contribution in [2.75, 3.05) is 11.1 Å². The van der Waals surface area contributed by atoms with Gasteiger partial charge in [0.25, 0.3) is 0 Å². The van der Waals surface area contributed by atoms with Crippen LogP contribution >= 0.6 is 11.8 Å². The molecule has 0 aliphatic carbocycles. The summed E-state index contributed by atoms with van der Waals surface area (Å²) < 4.78 is 39.3. The third-order valence-corrected chi connectivity index (χ3v) is 4.64. The maximum Gasteiger partial charge on any atom is 0.416 e. The molecule has 1 aromatic heterocycles. The average molecular weight is 407 g/mol. The van der Waals surface area contributed by atoms with Crippen molar-refractivity contribution in [1.29, 1.82) is 0 Å². The number of amides is 1. The van der Waals surface area contributed by atoms with Gasteiger partial charge in [-0.25, -0.2) is 0 Å². The highest BCUT2D eigenvalue weighted by molar-refractivity contribution is 7.99. The molecule has 0 aliphatic rings. The van der Waals surface area contributed by atoms with Gasteiger partial charge < -0.3 is 5.32 Å². The molecule has 0 atom stereocenters. The first-order valence-corrected chi connectivity index (χ1v) is 9.18. The fourth-order valence-electron chi connectivity index (χ4n) is 2.57. The van der Waals surface area contributed by atoms with Gasteiger partial charge in [-0.3, -0.25) is 4.79 Å². The molecule has 6 nitrogen and oxygen atoms in total. The molecule has 0 unspecified atom stereocenters. The van der Waals surface area contributed by atoms with Crippen LogP contribution < -0.4 is 5.32 Å². The van der Waals surface area contributed by atoms with E-state index in [0.717, 1.165) is 40.7 Å². The Kier molecular flexibility index (Phi) is 5.68. The second kappa shape index (κ2) is 8.01. The molecule has 0 saturated carbocycles.